The maximum atomic E-state index is 12.7. The highest BCUT2D eigenvalue weighted by atomic mass is 16.1. The van der Waals surface area contributed by atoms with E-state index in [-0.39, 0.29) is 11.4 Å². The lowest BCUT2D eigenvalue weighted by molar-refractivity contribution is 0.103. The molecule has 1 aromatic carbocycles. The van der Waals surface area contributed by atoms with Crippen molar-refractivity contribution in [2.75, 3.05) is 6.54 Å². The summed E-state index contributed by atoms with van der Waals surface area (Å²) in [4.78, 5) is 12.7. The lowest BCUT2D eigenvalue weighted by atomic mass is 9.91. The number of benzene rings is 1. The zero-order chi connectivity index (χ0) is 16.0. The van der Waals surface area contributed by atoms with Crippen LogP contribution in [0.5, 0.6) is 0 Å². The molecule has 0 amide bonds. The van der Waals surface area contributed by atoms with Crippen molar-refractivity contribution >= 4 is 17.6 Å². The summed E-state index contributed by atoms with van der Waals surface area (Å²) >= 11 is 0. The number of allylic oxidation sites excluding steroid dienone is 2. The second-order valence-corrected chi connectivity index (χ2v) is 5.76. The number of carbonyl (C=O) groups is 1. The lowest BCUT2D eigenvalue weighted by Gasteiger charge is -2.15. The molecule has 2 heterocycles. The van der Waals surface area contributed by atoms with Gasteiger partial charge in [-0.25, -0.2) is 0 Å². The van der Waals surface area contributed by atoms with E-state index in [0.29, 0.717) is 5.56 Å². The number of nitrogens with one attached hydrogen (secondary N) is 1. The van der Waals surface area contributed by atoms with Gasteiger partial charge in [0.15, 0.2) is 0 Å². The molecule has 0 spiro atoms. The molecule has 2 aromatic rings. The number of hydrogen-bond acceptors (Lipinski definition) is 3. The number of fused-ring (bicyclic) bond motifs is 3. The number of hydrogen-bond donors (Lipinski definition) is 1. The molecule has 0 unspecified atom stereocenters. The zero-order valence-corrected chi connectivity index (χ0v) is 12.8. The third-order valence-corrected chi connectivity index (χ3v) is 4.50. The number of nitriles is 1. The molecule has 0 saturated carbocycles. The monoisotopic (exact) mass is 301 g/mol. The predicted octanol–water partition coefficient (Wildman–Crippen LogP) is 0.983. The van der Waals surface area contributed by atoms with Crippen LogP contribution in [-0.2, 0) is 6.54 Å². The second kappa shape index (κ2) is 4.99. The van der Waals surface area contributed by atoms with Gasteiger partial charge in [0.2, 0.25) is 5.78 Å². The first kappa shape index (κ1) is 13.6. The van der Waals surface area contributed by atoms with Crippen LogP contribution in [0.3, 0.4) is 0 Å². The molecule has 0 bridgehead atoms. The zero-order valence-electron chi connectivity index (χ0n) is 12.8. The number of aromatic nitrogens is 1. The topological polar surface area (TPSA) is 57.8 Å². The Bertz CT molecular complexity index is 1020. The minimum atomic E-state index is -0.171. The minimum Gasteiger partial charge on any atom is -0.387 e. The van der Waals surface area contributed by atoms with E-state index in [0.717, 1.165) is 40.5 Å². The van der Waals surface area contributed by atoms with Crippen molar-refractivity contribution in [3.8, 4) is 6.07 Å². The third kappa shape index (κ3) is 1.87. The fourth-order valence-corrected chi connectivity index (χ4v) is 3.42. The fourth-order valence-electron chi connectivity index (χ4n) is 3.42. The van der Waals surface area contributed by atoms with E-state index in [9.17, 15) is 10.1 Å². The lowest BCUT2D eigenvalue weighted by Crippen LogP contribution is -2.39. The summed E-state index contributed by atoms with van der Waals surface area (Å²) in [6.07, 6.45) is 3.69. The maximum absolute atomic E-state index is 12.7. The van der Waals surface area contributed by atoms with Crippen LogP contribution < -0.4 is 16.0 Å². The molecule has 4 nitrogen and oxygen atoms in total. The van der Waals surface area contributed by atoms with Gasteiger partial charge in [0.05, 0.1) is 16.3 Å². The van der Waals surface area contributed by atoms with Crippen molar-refractivity contribution < 1.29 is 4.79 Å². The van der Waals surface area contributed by atoms with Crippen molar-refractivity contribution in [1.29, 1.82) is 5.26 Å². The van der Waals surface area contributed by atoms with Gasteiger partial charge >= 0.3 is 0 Å². The summed E-state index contributed by atoms with van der Waals surface area (Å²) in [5.41, 5.74) is 3.77. The van der Waals surface area contributed by atoms with Gasteiger partial charge in [-0.1, -0.05) is 30.3 Å². The van der Waals surface area contributed by atoms with Crippen molar-refractivity contribution in [2.45, 2.75) is 13.5 Å². The molecule has 1 aliphatic heterocycles. The van der Waals surface area contributed by atoms with Crippen LogP contribution >= 0.6 is 0 Å². The molecule has 1 aromatic heterocycles. The van der Waals surface area contributed by atoms with Gasteiger partial charge in [-0.05, 0) is 24.1 Å². The summed E-state index contributed by atoms with van der Waals surface area (Å²) in [6, 6.07) is 12.0. The van der Waals surface area contributed by atoms with Crippen LogP contribution in [0, 0.1) is 18.3 Å². The van der Waals surface area contributed by atoms with Crippen LogP contribution in [0.25, 0.3) is 11.8 Å². The van der Waals surface area contributed by atoms with E-state index in [2.05, 4.69) is 16.0 Å². The number of carbonyl (C=O) groups excluding carboxylic acids is 1. The first-order chi connectivity index (χ1) is 11.2. The molecule has 1 aliphatic carbocycles. The first-order valence-electron chi connectivity index (χ1n) is 7.61. The number of nitrogens with zero attached hydrogens (tertiary/aromatic N) is 2. The Kier molecular flexibility index (Phi) is 2.95. The second-order valence-electron chi connectivity index (χ2n) is 5.76. The van der Waals surface area contributed by atoms with Gasteiger partial charge in [0.25, 0.3) is 0 Å². The highest BCUT2D eigenvalue weighted by molar-refractivity contribution is 6.16. The van der Waals surface area contributed by atoms with E-state index in [1.54, 1.807) is 6.08 Å². The molecule has 4 heteroatoms. The standard InChI is InChI=1S/C19H15N3O/c1-12-16-11-21-7-8-22(16)18-15(13-5-3-2-4-6-13)9-14(10-20)19(23)17(12)18/h2-6,9,11,21H,7-8H2,1H3. The van der Waals surface area contributed by atoms with Gasteiger partial charge in [-0.2, -0.15) is 5.26 Å². The molecule has 23 heavy (non-hydrogen) atoms. The van der Waals surface area contributed by atoms with Crippen LogP contribution in [-0.4, -0.2) is 16.9 Å². The Hall–Kier alpha value is -3.06. The fraction of sp³-hybridized carbons (Fsp3) is 0.158. The highest BCUT2D eigenvalue weighted by Crippen LogP contribution is 2.22. The number of rotatable bonds is 1. The molecule has 1 N–H and O–H groups in total. The quantitative estimate of drug-likeness (QED) is 0.854. The first-order valence-corrected chi connectivity index (χ1v) is 7.61. The average molecular weight is 301 g/mol. The summed E-state index contributed by atoms with van der Waals surface area (Å²) in [5.74, 6) is -0.171. The summed E-state index contributed by atoms with van der Waals surface area (Å²) in [7, 11) is 0. The minimum absolute atomic E-state index is 0.171. The molecular weight excluding hydrogens is 286 g/mol. The number of ketones is 1. The van der Waals surface area contributed by atoms with E-state index in [1.807, 2.05) is 43.5 Å². The Balaban J connectivity index is 2.21. The molecule has 0 atom stereocenters. The number of Topliss-reactive ketones (excluding diaryl/α,β-unsaturated/α-hetero) is 1. The Morgan fingerprint density at radius 1 is 1.26 bits per heavy atom. The van der Waals surface area contributed by atoms with Crippen molar-refractivity contribution in [1.82, 2.24) is 9.88 Å². The van der Waals surface area contributed by atoms with Gasteiger partial charge in [0.1, 0.15) is 11.6 Å². The van der Waals surface area contributed by atoms with E-state index in [1.165, 1.54) is 0 Å². The smallest absolute Gasteiger partial charge is 0.206 e. The molecule has 0 fully saturated rings. The van der Waals surface area contributed by atoms with Gasteiger partial charge in [-0.15, -0.1) is 0 Å². The van der Waals surface area contributed by atoms with Crippen LogP contribution in [0.1, 0.15) is 21.5 Å². The summed E-state index contributed by atoms with van der Waals surface area (Å²) in [6.45, 7) is 3.59. The molecule has 0 radical (unpaired) electrons. The molecular formula is C19H15N3O. The Morgan fingerprint density at radius 2 is 2.04 bits per heavy atom. The normalized spacial score (nSPS) is 15.7. The SMILES string of the molecule is Cc1c2c(n3c1=CNCC3)=C(c1ccccc1)C=C(C#N)C2=O. The Labute approximate surface area is 133 Å². The van der Waals surface area contributed by atoms with Crippen LogP contribution in [0.4, 0.5) is 0 Å². The summed E-state index contributed by atoms with van der Waals surface area (Å²) in [5, 5.41) is 14.6. The predicted molar refractivity (Wildman–Crippen MR) is 87.9 cm³/mol. The van der Waals surface area contributed by atoms with Crippen molar-refractivity contribution in [2.24, 2.45) is 0 Å². The molecule has 112 valence electrons. The third-order valence-electron chi connectivity index (χ3n) is 4.50. The van der Waals surface area contributed by atoms with E-state index >= 15 is 0 Å². The molecule has 4 rings (SSSR count). The van der Waals surface area contributed by atoms with Gasteiger partial charge in [0, 0.05) is 24.9 Å². The summed E-state index contributed by atoms with van der Waals surface area (Å²) < 4.78 is 2.19. The molecule has 2 aliphatic rings. The van der Waals surface area contributed by atoms with Crippen LogP contribution in [0.2, 0.25) is 0 Å². The van der Waals surface area contributed by atoms with E-state index in [4.69, 9.17) is 0 Å². The van der Waals surface area contributed by atoms with E-state index < -0.39 is 0 Å². The van der Waals surface area contributed by atoms with Crippen LogP contribution in [0.15, 0.2) is 42.0 Å². The van der Waals surface area contributed by atoms with Crippen molar-refractivity contribution in [3.63, 3.8) is 0 Å². The molecule has 0 saturated heterocycles. The highest BCUT2D eigenvalue weighted by Gasteiger charge is 2.27. The average Bonchev–Trinajstić information content (AvgIpc) is 2.90. The maximum Gasteiger partial charge on any atom is 0.206 e. The Morgan fingerprint density at radius 3 is 2.78 bits per heavy atom. The van der Waals surface area contributed by atoms with Gasteiger partial charge < -0.3 is 9.88 Å². The van der Waals surface area contributed by atoms with Crippen molar-refractivity contribution in [3.05, 3.63) is 69.4 Å². The van der Waals surface area contributed by atoms with Gasteiger partial charge in [-0.3, -0.25) is 4.79 Å². The largest absolute Gasteiger partial charge is 0.387 e.